The van der Waals surface area contributed by atoms with Crippen LogP contribution in [0.1, 0.15) is 37.6 Å². The number of carbonyl (C=O) groups excluding carboxylic acids is 1. The van der Waals surface area contributed by atoms with Gasteiger partial charge in [-0.05, 0) is 56.8 Å². The van der Waals surface area contributed by atoms with Gasteiger partial charge < -0.3 is 14.8 Å². The molecule has 0 aliphatic carbocycles. The Balaban J connectivity index is 1.68. The predicted octanol–water partition coefficient (Wildman–Crippen LogP) is 4.32. The summed E-state index contributed by atoms with van der Waals surface area (Å²) >= 11 is 1.76. The van der Waals surface area contributed by atoms with Crippen molar-refractivity contribution in [3.05, 3.63) is 40.6 Å². The Kier molecular flexibility index (Phi) is 6.52. The van der Waals surface area contributed by atoms with Gasteiger partial charge in [-0.2, -0.15) is 0 Å². The minimum atomic E-state index is -0.0249. The second-order valence-corrected chi connectivity index (χ2v) is 7.20. The van der Waals surface area contributed by atoms with E-state index in [0.717, 1.165) is 25.1 Å². The van der Waals surface area contributed by atoms with Gasteiger partial charge in [0.2, 0.25) is 5.91 Å². The molecule has 1 atom stereocenters. The molecule has 0 bridgehead atoms. The fourth-order valence-electron chi connectivity index (χ4n) is 3.34. The summed E-state index contributed by atoms with van der Waals surface area (Å²) in [6.07, 6.45) is 2.23. The highest BCUT2D eigenvalue weighted by molar-refractivity contribution is 7.10. The van der Waals surface area contributed by atoms with Crippen molar-refractivity contribution in [2.75, 3.05) is 31.6 Å². The van der Waals surface area contributed by atoms with E-state index in [1.807, 2.05) is 32.0 Å². The lowest BCUT2D eigenvalue weighted by molar-refractivity contribution is -0.117. The number of amides is 1. The second-order valence-electron chi connectivity index (χ2n) is 6.22. The van der Waals surface area contributed by atoms with Crippen molar-refractivity contribution in [1.82, 2.24) is 4.90 Å². The normalized spacial score (nSPS) is 17.2. The third-order valence-electron chi connectivity index (χ3n) is 4.42. The monoisotopic (exact) mass is 374 g/mol. The average Bonchev–Trinajstić information content (AvgIpc) is 3.28. The Morgan fingerprint density at radius 2 is 2.12 bits per heavy atom. The van der Waals surface area contributed by atoms with Gasteiger partial charge in [0.1, 0.15) is 11.5 Å². The van der Waals surface area contributed by atoms with Crippen molar-refractivity contribution in [3.8, 4) is 11.5 Å². The molecular formula is C20H26N2O3S. The van der Waals surface area contributed by atoms with Gasteiger partial charge in [-0.1, -0.05) is 6.07 Å². The van der Waals surface area contributed by atoms with Crippen LogP contribution in [0.5, 0.6) is 11.5 Å². The van der Waals surface area contributed by atoms with E-state index in [2.05, 4.69) is 27.7 Å². The number of carbonyl (C=O) groups is 1. The lowest BCUT2D eigenvalue weighted by Crippen LogP contribution is -2.32. The van der Waals surface area contributed by atoms with E-state index in [-0.39, 0.29) is 5.91 Å². The number of likely N-dealkylation sites (tertiary alicyclic amines) is 1. The number of nitrogens with zero attached hydrogens (tertiary/aromatic N) is 1. The Morgan fingerprint density at radius 3 is 2.85 bits per heavy atom. The fraction of sp³-hybridized carbons (Fsp3) is 0.450. The van der Waals surface area contributed by atoms with E-state index in [1.165, 1.54) is 4.88 Å². The molecule has 1 saturated heterocycles. The maximum atomic E-state index is 12.7. The van der Waals surface area contributed by atoms with Gasteiger partial charge in [-0.3, -0.25) is 9.69 Å². The molecule has 1 unspecified atom stereocenters. The molecule has 2 heterocycles. The summed E-state index contributed by atoms with van der Waals surface area (Å²) in [6.45, 7) is 6.33. The first-order valence-electron chi connectivity index (χ1n) is 9.18. The molecule has 1 N–H and O–H groups in total. The summed E-state index contributed by atoms with van der Waals surface area (Å²) in [6, 6.07) is 10.1. The van der Waals surface area contributed by atoms with Gasteiger partial charge in [0, 0.05) is 17.0 Å². The van der Waals surface area contributed by atoms with E-state index < -0.39 is 0 Å². The number of hydrogen-bond acceptors (Lipinski definition) is 5. The quantitative estimate of drug-likeness (QED) is 0.748. The molecule has 1 aliphatic heterocycles. The Morgan fingerprint density at radius 1 is 1.27 bits per heavy atom. The number of ether oxygens (including phenoxy) is 2. The first-order valence-corrected chi connectivity index (χ1v) is 10.1. The molecule has 2 aromatic rings. The third-order valence-corrected chi connectivity index (χ3v) is 5.39. The lowest BCUT2D eigenvalue weighted by Gasteiger charge is -2.23. The number of anilines is 1. The largest absolute Gasteiger partial charge is 0.494 e. The highest BCUT2D eigenvalue weighted by atomic mass is 32.1. The van der Waals surface area contributed by atoms with Crippen LogP contribution < -0.4 is 14.8 Å². The van der Waals surface area contributed by atoms with E-state index in [1.54, 1.807) is 11.3 Å². The molecule has 1 amide bonds. The zero-order valence-corrected chi connectivity index (χ0v) is 16.2. The minimum Gasteiger partial charge on any atom is -0.494 e. The van der Waals surface area contributed by atoms with Crippen molar-refractivity contribution in [1.29, 1.82) is 0 Å². The molecule has 1 aliphatic rings. The molecular weight excluding hydrogens is 348 g/mol. The summed E-state index contributed by atoms with van der Waals surface area (Å²) < 4.78 is 11.2. The molecule has 140 valence electrons. The predicted molar refractivity (Wildman–Crippen MR) is 105 cm³/mol. The van der Waals surface area contributed by atoms with E-state index in [0.29, 0.717) is 37.2 Å². The maximum Gasteiger partial charge on any atom is 0.238 e. The summed E-state index contributed by atoms with van der Waals surface area (Å²) in [5.41, 5.74) is 0.662. The molecule has 1 aromatic heterocycles. The third kappa shape index (κ3) is 4.56. The van der Waals surface area contributed by atoms with E-state index in [4.69, 9.17) is 9.47 Å². The van der Waals surface area contributed by atoms with Gasteiger partial charge in [0.15, 0.2) is 0 Å². The zero-order valence-electron chi connectivity index (χ0n) is 15.4. The van der Waals surface area contributed by atoms with Crippen LogP contribution in [0.4, 0.5) is 5.69 Å². The molecule has 5 nitrogen and oxygen atoms in total. The Hall–Kier alpha value is -2.05. The highest BCUT2D eigenvalue weighted by Gasteiger charge is 2.28. The summed E-state index contributed by atoms with van der Waals surface area (Å²) in [5.74, 6) is 1.37. The first-order chi connectivity index (χ1) is 12.7. The van der Waals surface area contributed by atoms with Gasteiger partial charge in [-0.25, -0.2) is 0 Å². The Bertz CT molecular complexity index is 718. The highest BCUT2D eigenvalue weighted by Crippen LogP contribution is 2.34. The smallest absolute Gasteiger partial charge is 0.238 e. The molecule has 3 rings (SSSR count). The first kappa shape index (κ1) is 18.7. The van der Waals surface area contributed by atoms with Crippen molar-refractivity contribution >= 4 is 22.9 Å². The fourth-order valence-corrected chi connectivity index (χ4v) is 4.23. The summed E-state index contributed by atoms with van der Waals surface area (Å²) in [5, 5.41) is 5.10. The standard InChI is InChI=1S/C20H26N2O3S/c1-3-24-15-9-10-18(25-4-2)16(13-15)21-20(23)14-22-11-5-7-17(22)19-8-6-12-26-19/h6,8-10,12-13,17H,3-5,7,11,14H2,1-2H3,(H,21,23). The van der Waals surface area contributed by atoms with Crippen LogP contribution in [0, 0.1) is 0 Å². The molecule has 6 heteroatoms. The zero-order chi connectivity index (χ0) is 18.4. The molecule has 0 radical (unpaired) electrons. The van der Waals surface area contributed by atoms with Gasteiger partial charge in [-0.15, -0.1) is 11.3 Å². The van der Waals surface area contributed by atoms with Crippen LogP contribution in [-0.2, 0) is 4.79 Å². The number of thiophene rings is 1. The van der Waals surface area contributed by atoms with E-state index >= 15 is 0 Å². The van der Waals surface area contributed by atoms with Gasteiger partial charge in [0.25, 0.3) is 0 Å². The van der Waals surface area contributed by atoms with E-state index in [9.17, 15) is 4.79 Å². The topological polar surface area (TPSA) is 50.8 Å². The van der Waals surface area contributed by atoms with Crippen LogP contribution in [-0.4, -0.2) is 37.1 Å². The summed E-state index contributed by atoms with van der Waals surface area (Å²) in [7, 11) is 0. The van der Waals surface area contributed by atoms with Crippen LogP contribution in [0.25, 0.3) is 0 Å². The minimum absolute atomic E-state index is 0.0249. The average molecular weight is 375 g/mol. The molecule has 0 spiro atoms. The molecule has 1 aromatic carbocycles. The van der Waals surface area contributed by atoms with Gasteiger partial charge in [0.05, 0.1) is 25.4 Å². The Labute approximate surface area is 158 Å². The number of rotatable bonds is 8. The number of hydrogen-bond donors (Lipinski definition) is 1. The molecule has 1 fully saturated rings. The molecule has 0 saturated carbocycles. The molecule has 26 heavy (non-hydrogen) atoms. The number of benzene rings is 1. The van der Waals surface area contributed by atoms with Crippen molar-refractivity contribution in [2.24, 2.45) is 0 Å². The van der Waals surface area contributed by atoms with Crippen molar-refractivity contribution in [3.63, 3.8) is 0 Å². The lowest BCUT2D eigenvalue weighted by atomic mass is 10.2. The second kappa shape index (κ2) is 9.05. The van der Waals surface area contributed by atoms with Gasteiger partial charge >= 0.3 is 0 Å². The maximum absolute atomic E-state index is 12.7. The summed E-state index contributed by atoms with van der Waals surface area (Å²) in [4.78, 5) is 16.3. The van der Waals surface area contributed by atoms with Crippen LogP contribution >= 0.6 is 11.3 Å². The van der Waals surface area contributed by atoms with Crippen molar-refractivity contribution < 1.29 is 14.3 Å². The number of nitrogens with one attached hydrogen (secondary N) is 1. The van der Waals surface area contributed by atoms with Crippen LogP contribution in [0.3, 0.4) is 0 Å². The SMILES string of the molecule is CCOc1ccc(OCC)c(NC(=O)CN2CCCC2c2cccs2)c1. The van der Waals surface area contributed by atoms with Crippen molar-refractivity contribution in [2.45, 2.75) is 32.7 Å². The van der Waals surface area contributed by atoms with Crippen LogP contribution in [0.15, 0.2) is 35.7 Å². The van der Waals surface area contributed by atoms with Crippen LogP contribution in [0.2, 0.25) is 0 Å².